The van der Waals surface area contributed by atoms with Crippen molar-refractivity contribution in [1.29, 1.82) is 0 Å². The first-order valence-electron chi connectivity index (χ1n) is 12.6. The summed E-state index contributed by atoms with van der Waals surface area (Å²) >= 11 is 0. The number of aliphatic hydroxyl groups is 1. The topological polar surface area (TPSA) is 127 Å². The predicted octanol–water partition coefficient (Wildman–Crippen LogP) is 3.05. The van der Waals surface area contributed by atoms with Gasteiger partial charge in [-0.3, -0.25) is 5.32 Å². The molecule has 0 spiro atoms. The molecule has 4 N–H and O–H groups in total. The molecule has 3 aromatic rings. The second kappa shape index (κ2) is 14.6. The number of sulfonamides is 1. The van der Waals surface area contributed by atoms with Crippen LogP contribution in [0.3, 0.4) is 0 Å². The molecule has 220 valence electrons. The molecule has 40 heavy (non-hydrogen) atoms. The minimum Gasteiger partial charge on any atom is -0.380 e. The zero-order valence-electron chi connectivity index (χ0n) is 22.2. The molecule has 0 saturated heterocycles. The fourth-order valence-electron chi connectivity index (χ4n) is 3.64. The summed E-state index contributed by atoms with van der Waals surface area (Å²) in [6, 6.07) is 9.36. The van der Waals surface area contributed by atoms with Crippen LogP contribution in [0.1, 0.15) is 18.1 Å². The molecule has 0 bridgehead atoms. The summed E-state index contributed by atoms with van der Waals surface area (Å²) in [5, 5.41) is 15.1. The molecule has 1 unspecified atom stereocenters. The van der Waals surface area contributed by atoms with E-state index < -0.39 is 28.0 Å². The van der Waals surface area contributed by atoms with E-state index in [1.807, 2.05) is 4.57 Å². The number of aliphatic hydroxyl groups excluding tert-OH is 1. The number of ether oxygens (including phenoxy) is 2. The summed E-state index contributed by atoms with van der Waals surface area (Å²) in [7, 11) is -2.41. The van der Waals surface area contributed by atoms with E-state index in [4.69, 9.17) is 14.6 Å². The van der Waals surface area contributed by atoms with Gasteiger partial charge in [-0.05, 0) is 49.9 Å². The SMILES string of the molecule is CNS(=O)(=O)c1ccc(NCc2ccc(C(F)(F)F)cc2)c(-c2cn(CCOCCOCCNC(C)O)cn2)c1. The summed E-state index contributed by atoms with van der Waals surface area (Å²) in [6.07, 6.45) is -1.63. The fraction of sp³-hybridized carbons (Fsp3) is 0.423. The van der Waals surface area contributed by atoms with Gasteiger partial charge in [-0.2, -0.15) is 13.2 Å². The van der Waals surface area contributed by atoms with Crippen molar-refractivity contribution in [1.82, 2.24) is 19.6 Å². The Morgan fingerprint density at radius 3 is 2.40 bits per heavy atom. The van der Waals surface area contributed by atoms with Crippen LogP contribution in [0.4, 0.5) is 18.9 Å². The lowest BCUT2D eigenvalue weighted by Crippen LogP contribution is -2.29. The van der Waals surface area contributed by atoms with Crippen molar-refractivity contribution in [3.63, 3.8) is 0 Å². The van der Waals surface area contributed by atoms with Crippen molar-refractivity contribution in [2.45, 2.75) is 37.3 Å². The van der Waals surface area contributed by atoms with Crippen LogP contribution in [0.2, 0.25) is 0 Å². The average Bonchev–Trinajstić information content (AvgIpc) is 3.39. The highest BCUT2D eigenvalue weighted by Crippen LogP contribution is 2.31. The number of hydrogen-bond acceptors (Lipinski definition) is 8. The monoisotopic (exact) mass is 585 g/mol. The second-order valence-corrected chi connectivity index (χ2v) is 10.7. The number of halogens is 3. The van der Waals surface area contributed by atoms with E-state index in [0.717, 1.165) is 12.1 Å². The number of hydrogen-bond donors (Lipinski definition) is 4. The lowest BCUT2D eigenvalue weighted by Gasteiger charge is -2.14. The molecule has 0 fully saturated rings. The number of rotatable bonds is 16. The third-order valence-electron chi connectivity index (χ3n) is 5.80. The smallest absolute Gasteiger partial charge is 0.380 e. The van der Waals surface area contributed by atoms with Gasteiger partial charge in [-0.25, -0.2) is 18.1 Å². The van der Waals surface area contributed by atoms with Gasteiger partial charge in [-0.1, -0.05) is 12.1 Å². The van der Waals surface area contributed by atoms with Gasteiger partial charge in [0, 0.05) is 37.1 Å². The molecular formula is C26H34F3N5O5S. The van der Waals surface area contributed by atoms with Crippen LogP contribution in [-0.4, -0.2) is 69.3 Å². The number of benzene rings is 2. The highest BCUT2D eigenvalue weighted by Gasteiger charge is 2.29. The van der Waals surface area contributed by atoms with Gasteiger partial charge in [0.25, 0.3) is 0 Å². The minimum atomic E-state index is -4.41. The zero-order chi connectivity index (χ0) is 29.2. The summed E-state index contributed by atoms with van der Waals surface area (Å²) in [4.78, 5) is 4.48. The van der Waals surface area contributed by atoms with Crippen molar-refractivity contribution in [3.05, 3.63) is 66.1 Å². The van der Waals surface area contributed by atoms with Gasteiger partial charge in [0.2, 0.25) is 10.0 Å². The van der Waals surface area contributed by atoms with Crippen LogP contribution in [0.15, 0.2) is 59.9 Å². The third-order valence-corrected chi connectivity index (χ3v) is 7.21. The van der Waals surface area contributed by atoms with E-state index in [1.54, 1.807) is 25.5 Å². The van der Waals surface area contributed by atoms with Gasteiger partial charge in [0.05, 0.1) is 48.9 Å². The first kappa shape index (κ1) is 31.5. The molecule has 0 saturated carbocycles. The average molecular weight is 586 g/mol. The van der Waals surface area contributed by atoms with E-state index in [2.05, 4.69) is 20.3 Å². The molecule has 0 aliphatic carbocycles. The number of alkyl halides is 3. The van der Waals surface area contributed by atoms with E-state index in [-0.39, 0.29) is 11.4 Å². The Morgan fingerprint density at radius 1 is 1.05 bits per heavy atom. The van der Waals surface area contributed by atoms with Crippen molar-refractivity contribution < 1.29 is 36.2 Å². The van der Waals surface area contributed by atoms with Gasteiger partial charge >= 0.3 is 6.18 Å². The molecular weight excluding hydrogens is 551 g/mol. The third kappa shape index (κ3) is 9.57. The van der Waals surface area contributed by atoms with Gasteiger partial charge in [-0.15, -0.1) is 0 Å². The number of imidazole rings is 1. The number of anilines is 1. The zero-order valence-corrected chi connectivity index (χ0v) is 23.1. The number of nitrogens with one attached hydrogen (secondary N) is 3. The summed E-state index contributed by atoms with van der Waals surface area (Å²) < 4.78 is 78.5. The summed E-state index contributed by atoms with van der Waals surface area (Å²) in [5.74, 6) is 0. The van der Waals surface area contributed by atoms with Gasteiger partial charge < -0.3 is 24.5 Å². The van der Waals surface area contributed by atoms with Crippen molar-refractivity contribution in [2.75, 3.05) is 45.3 Å². The molecule has 0 aliphatic rings. The largest absolute Gasteiger partial charge is 0.416 e. The fourth-order valence-corrected chi connectivity index (χ4v) is 4.39. The van der Waals surface area contributed by atoms with Crippen molar-refractivity contribution >= 4 is 15.7 Å². The minimum absolute atomic E-state index is 0.0478. The predicted molar refractivity (Wildman–Crippen MR) is 144 cm³/mol. The molecule has 0 amide bonds. The van der Waals surface area contributed by atoms with Crippen LogP contribution < -0.4 is 15.4 Å². The van der Waals surface area contributed by atoms with Crippen LogP contribution in [0, 0.1) is 0 Å². The Balaban J connectivity index is 1.64. The Bertz CT molecular complexity index is 1320. The van der Waals surface area contributed by atoms with E-state index in [1.165, 1.54) is 31.3 Å². The maximum absolute atomic E-state index is 12.9. The van der Waals surface area contributed by atoms with Crippen LogP contribution >= 0.6 is 0 Å². The second-order valence-electron chi connectivity index (χ2n) is 8.81. The van der Waals surface area contributed by atoms with E-state index in [9.17, 15) is 21.6 Å². The van der Waals surface area contributed by atoms with E-state index in [0.29, 0.717) is 62.0 Å². The highest BCUT2D eigenvalue weighted by molar-refractivity contribution is 7.89. The normalized spacial score (nSPS) is 12.9. The Labute approximate surface area is 231 Å². The first-order chi connectivity index (χ1) is 19.0. The van der Waals surface area contributed by atoms with Crippen LogP contribution in [0.25, 0.3) is 11.3 Å². The van der Waals surface area contributed by atoms with Gasteiger partial charge in [0.1, 0.15) is 6.23 Å². The maximum atomic E-state index is 12.9. The molecule has 1 atom stereocenters. The van der Waals surface area contributed by atoms with Crippen molar-refractivity contribution in [2.24, 2.45) is 0 Å². The maximum Gasteiger partial charge on any atom is 0.416 e. The standard InChI is InChI=1S/C26H34F3N5O5S/c1-19(35)31-9-11-38-13-14-39-12-10-34-17-25(33-18-34)23-15-22(40(36,37)30-2)7-8-24(23)32-16-20-3-5-21(6-4-20)26(27,28)29/h3-8,15,17-19,30-32,35H,9-14,16H2,1-2H3. The molecule has 1 heterocycles. The lowest BCUT2D eigenvalue weighted by atomic mass is 10.1. The van der Waals surface area contributed by atoms with Crippen molar-refractivity contribution in [3.8, 4) is 11.3 Å². The first-order valence-corrected chi connectivity index (χ1v) is 14.0. The van der Waals surface area contributed by atoms with Gasteiger partial charge in [0.15, 0.2) is 0 Å². The molecule has 0 radical (unpaired) electrons. The summed E-state index contributed by atoms with van der Waals surface area (Å²) in [6.45, 7) is 4.55. The molecule has 14 heteroatoms. The quantitative estimate of drug-likeness (QED) is 0.149. The molecule has 1 aromatic heterocycles. The number of aromatic nitrogens is 2. The molecule has 0 aliphatic heterocycles. The van der Waals surface area contributed by atoms with E-state index >= 15 is 0 Å². The van der Waals surface area contributed by atoms with Crippen LogP contribution in [0.5, 0.6) is 0 Å². The Morgan fingerprint density at radius 2 is 1.75 bits per heavy atom. The molecule has 3 rings (SSSR count). The Kier molecular flexibility index (Phi) is 11.5. The molecule has 2 aromatic carbocycles. The number of nitrogens with zero attached hydrogens (tertiary/aromatic N) is 2. The summed E-state index contributed by atoms with van der Waals surface area (Å²) in [5.41, 5.74) is 1.49. The lowest BCUT2D eigenvalue weighted by molar-refractivity contribution is -0.137. The molecule has 10 nitrogen and oxygen atoms in total. The van der Waals surface area contributed by atoms with Crippen LogP contribution in [-0.2, 0) is 38.8 Å². The highest BCUT2D eigenvalue weighted by atomic mass is 32.2. The Hall–Kier alpha value is -3.01.